The van der Waals surface area contributed by atoms with E-state index in [1.165, 1.54) is 0 Å². The van der Waals surface area contributed by atoms with Crippen LogP contribution in [-0.2, 0) is 11.2 Å². The van der Waals surface area contributed by atoms with Gasteiger partial charge in [-0.2, -0.15) is 13.2 Å². The third kappa shape index (κ3) is 3.24. The molecule has 0 bridgehead atoms. The van der Waals surface area contributed by atoms with Crippen LogP contribution in [0.4, 0.5) is 13.2 Å². The molecule has 24 heavy (non-hydrogen) atoms. The Bertz CT molecular complexity index is 758. The molecule has 0 radical (unpaired) electrons. The Labute approximate surface area is 138 Å². The molecule has 1 N–H and O–H groups in total. The van der Waals surface area contributed by atoms with Crippen LogP contribution in [0.1, 0.15) is 36.9 Å². The van der Waals surface area contributed by atoms with Crippen molar-refractivity contribution in [1.82, 2.24) is 10.4 Å². The van der Waals surface area contributed by atoms with Gasteiger partial charge in [-0.25, -0.2) is 5.01 Å². The number of alkyl halides is 3. The number of carbonyl (C=O) groups is 1. The molecule has 0 aromatic heterocycles. The Morgan fingerprint density at radius 2 is 2.00 bits per heavy atom. The minimum Gasteiger partial charge on any atom is -0.288 e. The Morgan fingerprint density at radius 1 is 1.25 bits per heavy atom. The topological polar surface area (TPSA) is 32.3 Å². The van der Waals surface area contributed by atoms with Crippen molar-refractivity contribution in [1.29, 1.82) is 0 Å². The van der Waals surface area contributed by atoms with Crippen LogP contribution >= 0.6 is 0 Å². The van der Waals surface area contributed by atoms with Crippen LogP contribution in [0.3, 0.4) is 0 Å². The number of benzene rings is 2. The van der Waals surface area contributed by atoms with Gasteiger partial charge in [0.15, 0.2) is 0 Å². The Morgan fingerprint density at radius 3 is 2.62 bits per heavy atom. The molecule has 0 saturated carbocycles. The first-order valence-electron chi connectivity index (χ1n) is 8.04. The summed E-state index contributed by atoms with van der Waals surface area (Å²) in [6, 6.07) is 8.86. The first kappa shape index (κ1) is 16.8. The molecule has 6 heteroatoms. The monoisotopic (exact) mass is 336 g/mol. The summed E-state index contributed by atoms with van der Waals surface area (Å²) in [7, 11) is 0. The van der Waals surface area contributed by atoms with Gasteiger partial charge in [-0.1, -0.05) is 43.7 Å². The summed E-state index contributed by atoms with van der Waals surface area (Å²) in [6.45, 7) is 2.06. The molecule has 128 valence electrons. The van der Waals surface area contributed by atoms with Crippen molar-refractivity contribution in [2.75, 3.05) is 6.54 Å². The number of nitrogens with one attached hydrogen (secondary N) is 1. The lowest BCUT2D eigenvalue weighted by molar-refractivity contribution is -0.191. The van der Waals surface area contributed by atoms with Gasteiger partial charge < -0.3 is 0 Å². The predicted molar refractivity (Wildman–Crippen MR) is 86.2 cm³/mol. The van der Waals surface area contributed by atoms with E-state index < -0.39 is 12.2 Å². The first-order chi connectivity index (χ1) is 11.4. The zero-order valence-electron chi connectivity index (χ0n) is 13.4. The quantitative estimate of drug-likeness (QED) is 0.910. The summed E-state index contributed by atoms with van der Waals surface area (Å²) in [5.74, 6) is -0.376. The third-order valence-corrected chi connectivity index (χ3v) is 4.27. The lowest BCUT2D eigenvalue weighted by Gasteiger charge is -2.30. The zero-order valence-corrected chi connectivity index (χ0v) is 13.4. The normalized spacial score (nSPS) is 17.2. The van der Waals surface area contributed by atoms with Crippen LogP contribution in [-0.4, -0.2) is 23.6 Å². The molecule has 1 aliphatic heterocycles. The van der Waals surface area contributed by atoms with E-state index in [9.17, 15) is 18.0 Å². The summed E-state index contributed by atoms with van der Waals surface area (Å²) in [4.78, 5) is 11.4. The van der Waals surface area contributed by atoms with E-state index in [1.54, 1.807) is 12.1 Å². The van der Waals surface area contributed by atoms with Gasteiger partial charge in [0, 0.05) is 13.0 Å². The third-order valence-electron chi connectivity index (χ3n) is 4.27. The second-order valence-electron chi connectivity index (χ2n) is 6.07. The molecule has 1 fully saturated rings. The number of aryl methyl sites for hydroxylation is 1. The van der Waals surface area contributed by atoms with E-state index in [4.69, 9.17) is 0 Å². The molecule has 1 saturated heterocycles. The van der Waals surface area contributed by atoms with Crippen LogP contribution < -0.4 is 5.43 Å². The predicted octanol–water partition coefficient (Wildman–Crippen LogP) is 4.13. The minimum absolute atomic E-state index is 0.0545. The maximum atomic E-state index is 13.7. The smallest absolute Gasteiger partial charge is 0.288 e. The Hall–Kier alpha value is -2.08. The fourth-order valence-corrected chi connectivity index (χ4v) is 3.28. The number of hydrogen-bond acceptors (Lipinski definition) is 2. The van der Waals surface area contributed by atoms with Crippen molar-refractivity contribution in [2.24, 2.45) is 0 Å². The SMILES string of the molecule is CCCc1cc([C@H](N2CCC(=O)N2)C(F)(F)F)cc2ccccc12. The number of nitrogens with zero attached hydrogens (tertiary/aromatic N) is 1. The van der Waals surface area contributed by atoms with Crippen molar-refractivity contribution in [3.05, 3.63) is 47.5 Å². The van der Waals surface area contributed by atoms with Crippen molar-refractivity contribution < 1.29 is 18.0 Å². The number of hydrogen-bond donors (Lipinski definition) is 1. The molecule has 1 amide bonds. The summed E-state index contributed by atoms with van der Waals surface area (Å²) in [5, 5.41) is 2.77. The summed E-state index contributed by atoms with van der Waals surface area (Å²) < 4.78 is 41.1. The molecule has 2 aromatic rings. The number of fused-ring (bicyclic) bond motifs is 1. The highest BCUT2D eigenvalue weighted by atomic mass is 19.4. The number of rotatable bonds is 4. The van der Waals surface area contributed by atoms with Crippen LogP contribution in [0.15, 0.2) is 36.4 Å². The van der Waals surface area contributed by atoms with Crippen LogP contribution in [0, 0.1) is 0 Å². The highest BCUT2D eigenvalue weighted by molar-refractivity contribution is 5.86. The zero-order chi connectivity index (χ0) is 17.3. The van der Waals surface area contributed by atoms with Gasteiger partial charge in [-0.05, 0) is 34.4 Å². The molecule has 3 rings (SSSR count). The molecular weight excluding hydrogens is 317 g/mol. The van der Waals surface area contributed by atoms with Gasteiger partial charge in [0.25, 0.3) is 0 Å². The second-order valence-corrected chi connectivity index (χ2v) is 6.07. The number of halogens is 3. The summed E-state index contributed by atoms with van der Waals surface area (Å²) in [5.41, 5.74) is 3.41. The van der Waals surface area contributed by atoms with Gasteiger partial charge in [-0.15, -0.1) is 0 Å². The fourth-order valence-electron chi connectivity index (χ4n) is 3.28. The number of carbonyl (C=O) groups excluding carboxylic acids is 1. The van der Waals surface area contributed by atoms with E-state index in [2.05, 4.69) is 5.43 Å². The average Bonchev–Trinajstić information content (AvgIpc) is 2.92. The highest BCUT2D eigenvalue weighted by Gasteiger charge is 2.47. The van der Waals surface area contributed by atoms with Gasteiger partial charge >= 0.3 is 6.18 Å². The molecule has 0 aliphatic carbocycles. The van der Waals surface area contributed by atoms with Crippen molar-refractivity contribution in [3.8, 4) is 0 Å². The highest BCUT2D eigenvalue weighted by Crippen LogP contribution is 2.39. The molecule has 1 aliphatic rings. The average molecular weight is 336 g/mol. The van der Waals surface area contributed by atoms with E-state index in [1.807, 2.05) is 31.2 Å². The van der Waals surface area contributed by atoms with E-state index in [-0.39, 0.29) is 24.4 Å². The fraction of sp³-hybridized carbons (Fsp3) is 0.389. The van der Waals surface area contributed by atoms with Crippen molar-refractivity contribution in [2.45, 2.75) is 38.4 Å². The molecule has 0 spiro atoms. The van der Waals surface area contributed by atoms with E-state index in [0.29, 0.717) is 6.42 Å². The van der Waals surface area contributed by atoms with E-state index in [0.717, 1.165) is 27.8 Å². The molecular formula is C18H19F3N2O. The van der Waals surface area contributed by atoms with Crippen LogP contribution in [0.2, 0.25) is 0 Å². The molecule has 0 unspecified atom stereocenters. The summed E-state index contributed by atoms with van der Waals surface area (Å²) in [6.07, 6.45) is -2.82. The molecule has 2 aromatic carbocycles. The molecule has 1 atom stereocenters. The van der Waals surface area contributed by atoms with Gasteiger partial charge in [0.2, 0.25) is 5.91 Å². The molecule has 1 heterocycles. The summed E-state index contributed by atoms with van der Waals surface area (Å²) >= 11 is 0. The van der Waals surface area contributed by atoms with Crippen molar-refractivity contribution in [3.63, 3.8) is 0 Å². The second kappa shape index (κ2) is 6.43. The Kier molecular flexibility index (Phi) is 4.49. The van der Waals surface area contributed by atoms with Gasteiger partial charge in [0.05, 0.1) is 0 Å². The lowest BCUT2D eigenvalue weighted by atomic mass is 9.94. The number of hydrazine groups is 1. The number of amides is 1. The van der Waals surface area contributed by atoms with Gasteiger partial charge in [0.1, 0.15) is 6.04 Å². The maximum Gasteiger partial charge on any atom is 0.409 e. The van der Waals surface area contributed by atoms with Crippen LogP contribution in [0.5, 0.6) is 0 Å². The van der Waals surface area contributed by atoms with Crippen molar-refractivity contribution >= 4 is 16.7 Å². The molecule has 3 nitrogen and oxygen atoms in total. The van der Waals surface area contributed by atoms with Crippen LogP contribution in [0.25, 0.3) is 10.8 Å². The largest absolute Gasteiger partial charge is 0.409 e. The Balaban J connectivity index is 2.12. The van der Waals surface area contributed by atoms with Gasteiger partial charge in [-0.3, -0.25) is 10.2 Å². The lowest BCUT2D eigenvalue weighted by Crippen LogP contribution is -2.43. The first-order valence-corrected chi connectivity index (χ1v) is 8.04. The van der Waals surface area contributed by atoms with E-state index >= 15 is 0 Å². The standard InChI is InChI=1S/C18H19F3N2O/c1-2-5-12-10-14(11-13-6-3-4-7-15(12)13)17(18(19,20)21)23-9-8-16(24)22-23/h3-4,6-7,10-11,17H,2,5,8-9H2,1H3,(H,22,24)/t17-/m0/s1. The minimum atomic E-state index is -4.47. The maximum absolute atomic E-state index is 13.7.